The summed E-state index contributed by atoms with van der Waals surface area (Å²) in [6, 6.07) is 10.1. The van der Waals surface area contributed by atoms with Crippen LogP contribution in [-0.2, 0) is 17.4 Å². The average Bonchev–Trinajstić information content (AvgIpc) is 3.49. The number of benzene rings is 1. The fourth-order valence-corrected chi connectivity index (χ4v) is 5.43. The van der Waals surface area contributed by atoms with E-state index in [1.165, 1.54) is 0 Å². The quantitative estimate of drug-likeness (QED) is 0.451. The van der Waals surface area contributed by atoms with Crippen molar-refractivity contribution in [1.29, 1.82) is 0 Å². The van der Waals surface area contributed by atoms with Gasteiger partial charge in [-0.1, -0.05) is 6.07 Å². The number of ether oxygens (including phenoxy) is 2. The number of aryl methyl sites for hydroxylation is 1. The molecule has 10 heteroatoms. The standard InChI is InChI=1S/C27H25N7O3/c1-27(2)20-10-23(31-16-9-21-26(29-11-16)36-13-17-5-7-24(35)34(17)21)28-12-19(20)18-6-4-15(8-22(18)37-27)25-32-30-14-33(25)3/h4,6,8-12,14,17H,5,7,13H2,1-3H3,(H,28,31)/t17-/m0/s1. The number of rotatable bonds is 3. The number of aromatic nitrogens is 5. The smallest absolute Gasteiger partial charge is 0.238 e. The molecule has 0 spiro atoms. The Morgan fingerprint density at radius 1 is 1.11 bits per heavy atom. The summed E-state index contributed by atoms with van der Waals surface area (Å²) >= 11 is 0. The summed E-state index contributed by atoms with van der Waals surface area (Å²) < 4.78 is 14.1. The minimum atomic E-state index is -0.586. The predicted octanol–water partition coefficient (Wildman–Crippen LogP) is 4.20. The molecule has 10 nitrogen and oxygen atoms in total. The Bertz CT molecular complexity index is 1580. The third-order valence-corrected chi connectivity index (χ3v) is 7.26. The van der Waals surface area contributed by atoms with Crippen molar-refractivity contribution in [3.63, 3.8) is 0 Å². The van der Waals surface area contributed by atoms with E-state index >= 15 is 0 Å². The first kappa shape index (κ1) is 21.8. The van der Waals surface area contributed by atoms with Gasteiger partial charge in [-0.2, -0.15) is 0 Å². The van der Waals surface area contributed by atoms with Crippen molar-refractivity contribution in [1.82, 2.24) is 24.7 Å². The van der Waals surface area contributed by atoms with Crippen molar-refractivity contribution in [2.75, 3.05) is 16.8 Å². The number of nitrogens with one attached hydrogen (secondary N) is 1. The fraction of sp³-hybridized carbons (Fsp3) is 0.296. The van der Waals surface area contributed by atoms with Gasteiger partial charge in [0.05, 0.1) is 17.9 Å². The molecule has 1 saturated heterocycles. The first-order chi connectivity index (χ1) is 17.9. The summed E-state index contributed by atoms with van der Waals surface area (Å²) in [6.07, 6.45) is 6.59. The molecule has 4 aromatic rings. The van der Waals surface area contributed by atoms with E-state index in [1.54, 1.807) is 12.5 Å². The Kier molecular flexibility index (Phi) is 4.57. The zero-order valence-electron chi connectivity index (χ0n) is 20.7. The summed E-state index contributed by atoms with van der Waals surface area (Å²) in [5.74, 6) is 2.82. The Morgan fingerprint density at radius 3 is 2.84 bits per heavy atom. The van der Waals surface area contributed by atoms with Gasteiger partial charge in [-0.05, 0) is 44.5 Å². The molecule has 3 aromatic heterocycles. The van der Waals surface area contributed by atoms with E-state index in [0.717, 1.165) is 45.9 Å². The number of anilines is 3. The second-order valence-electron chi connectivity index (χ2n) is 10.1. The molecule has 0 bridgehead atoms. The molecule has 1 amide bonds. The molecular formula is C27H25N7O3. The Hall–Kier alpha value is -4.47. The Labute approximate surface area is 213 Å². The number of nitrogens with zero attached hydrogens (tertiary/aromatic N) is 6. The molecule has 3 aliphatic heterocycles. The van der Waals surface area contributed by atoms with Gasteiger partial charge in [-0.25, -0.2) is 9.97 Å². The van der Waals surface area contributed by atoms with E-state index in [1.807, 2.05) is 66.9 Å². The molecule has 0 radical (unpaired) electrons. The molecule has 6 heterocycles. The van der Waals surface area contributed by atoms with Gasteiger partial charge >= 0.3 is 0 Å². The van der Waals surface area contributed by atoms with Crippen LogP contribution in [0, 0.1) is 0 Å². The fourth-order valence-electron chi connectivity index (χ4n) is 5.43. The monoisotopic (exact) mass is 495 g/mol. The minimum absolute atomic E-state index is 0.0751. The second kappa shape index (κ2) is 7.76. The Morgan fingerprint density at radius 2 is 2.00 bits per heavy atom. The van der Waals surface area contributed by atoms with E-state index in [0.29, 0.717) is 30.4 Å². The molecule has 1 N–H and O–H groups in total. The van der Waals surface area contributed by atoms with Crippen LogP contribution < -0.4 is 19.7 Å². The number of hydrogen-bond donors (Lipinski definition) is 1. The maximum Gasteiger partial charge on any atom is 0.238 e. The molecule has 0 unspecified atom stereocenters. The minimum Gasteiger partial charge on any atom is -0.482 e. The molecule has 3 aliphatic rings. The van der Waals surface area contributed by atoms with Crippen molar-refractivity contribution in [3.8, 4) is 34.1 Å². The summed E-state index contributed by atoms with van der Waals surface area (Å²) in [5.41, 5.74) is 4.81. The lowest BCUT2D eigenvalue weighted by atomic mass is 9.87. The van der Waals surface area contributed by atoms with Gasteiger partial charge in [-0.15, -0.1) is 10.2 Å². The van der Waals surface area contributed by atoms with E-state index < -0.39 is 5.60 Å². The highest BCUT2D eigenvalue weighted by Gasteiger charge is 2.38. The highest BCUT2D eigenvalue weighted by molar-refractivity contribution is 5.98. The lowest BCUT2D eigenvalue weighted by Crippen LogP contribution is -2.40. The van der Waals surface area contributed by atoms with Crippen molar-refractivity contribution < 1.29 is 14.3 Å². The molecule has 37 heavy (non-hydrogen) atoms. The topological polar surface area (TPSA) is 107 Å². The van der Waals surface area contributed by atoms with Crippen LogP contribution in [0.3, 0.4) is 0 Å². The van der Waals surface area contributed by atoms with Crippen LogP contribution in [0.2, 0.25) is 0 Å². The lowest BCUT2D eigenvalue weighted by molar-refractivity contribution is -0.117. The van der Waals surface area contributed by atoms with E-state index in [9.17, 15) is 4.79 Å². The van der Waals surface area contributed by atoms with E-state index in [2.05, 4.69) is 20.5 Å². The van der Waals surface area contributed by atoms with Gasteiger partial charge < -0.3 is 24.3 Å². The van der Waals surface area contributed by atoms with Crippen molar-refractivity contribution in [2.45, 2.75) is 38.3 Å². The van der Waals surface area contributed by atoms with Crippen molar-refractivity contribution >= 4 is 23.1 Å². The molecule has 0 aliphatic carbocycles. The lowest BCUT2D eigenvalue weighted by Gasteiger charge is -2.35. The van der Waals surface area contributed by atoms with Crippen molar-refractivity contribution in [3.05, 3.63) is 54.6 Å². The number of carbonyl (C=O) groups excluding carboxylic acids is 1. The molecule has 186 valence electrons. The zero-order chi connectivity index (χ0) is 25.3. The van der Waals surface area contributed by atoms with Crippen LogP contribution in [0.5, 0.6) is 11.6 Å². The normalized spacial score (nSPS) is 18.7. The number of hydrogen-bond acceptors (Lipinski definition) is 8. The second-order valence-corrected chi connectivity index (χ2v) is 10.1. The van der Waals surface area contributed by atoms with Crippen molar-refractivity contribution in [2.24, 2.45) is 7.05 Å². The van der Waals surface area contributed by atoms with Gasteiger partial charge in [0, 0.05) is 41.9 Å². The first-order valence-electron chi connectivity index (χ1n) is 12.3. The first-order valence-corrected chi connectivity index (χ1v) is 12.3. The molecular weight excluding hydrogens is 470 g/mol. The molecule has 1 aromatic carbocycles. The number of fused-ring (bicyclic) bond motifs is 6. The Balaban J connectivity index is 1.22. The van der Waals surface area contributed by atoms with Gasteiger partial charge in [0.1, 0.15) is 35.8 Å². The maximum atomic E-state index is 12.5. The van der Waals surface area contributed by atoms with Gasteiger partial charge in [0.2, 0.25) is 11.8 Å². The van der Waals surface area contributed by atoms with Gasteiger partial charge in [-0.3, -0.25) is 4.79 Å². The number of pyridine rings is 2. The summed E-state index contributed by atoms with van der Waals surface area (Å²) in [4.78, 5) is 23.4. The molecule has 7 rings (SSSR count). The largest absolute Gasteiger partial charge is 0.482 e. The zero-order valence-corrected chi connectivity index (χ0v) is 20.7. The highest BCUT2D eigenvalue weighted by Crippen LogP contribution is 2.47. The van der Waals surface area contributed by atoms with Gasteiger partial charge in [0.15, 0.2) is 5.82 Å². The molecule has 1 atom stereocenters. The SMILES string of the molecule is Cn1cnnc1-c1ccc2c(c1)OC(C)(C)c1cc(Nc3cnc4c(c3)N3C(=O)CC[C@H]3CO4)ncc1-2. The highest BCUT2D eigenvalue weighted by atomic mass is 16.5. The van der Waals surface area contributed by atoms with E-state index in [4.69, 9.17) is 14.5 Å². The summed E-state index contributed by atoms with van der Waals surface area (Å²) in [6.45, 7) is 4.58. The number of carbonyl (C=O) groups is 1. The van der Waals surface area contributed by atoms with Crippen LogP contribution in [0.25, 0.3) is 22.5 Å². The van der Waals surface area contributed by atoms with Crippen LogP contribution >= 0.6 is 0 Å². The van der Waals surface area contributed by atoms with Gasteiger partial charge in [0.25, 0.3) is 0 Å². The third kappa shape index (κ3) is 3.43. The number of amides is 1. The van der Waals surface area contributed by atoms with Crippen LogP contribution in [0.1, 0.15) is 32.3 Å². The van der Waals surface area contributed by atoms with Crippen LogP contribution in [0.4, 0.5) is 17.2 Å². The van der Waals surface area contributed by atoms with Crippen LogP contribution in [-0.4, -0.2) is 43.3 Å². The third-order valence-electron chi connectivity index (χ3n) is 7.26. The molecule has 1 fully saturated rings. The predicted molar refractivity (Wildman–Crippen MR) is 137 cm³/mol. The molecule has 0 saturated carbocycles. The maximum absolute atomic E-state index is 12.5. The van der Waals surface area contributed by atoms with Crippen LogP contribution in [0.15, 0.2) is 49.1 Å². The summed E-state index contributed by atoms with van der Waals surface area (Å²) in [7, 11) is 1.92. The summed E-state index contributed by atoms with van der Waals surface area (Å²) in [5, 5.41) is 11.6. The average molecular weight is 496 g/mol. The van der Waals surface area contributed by atoms with E-state index in [-0.39, 0.29) is 11.9 Å².